The molecule has 2 aromatic heterocycles. The molecule has 3 rings (SSSR count). The van der Waals surface area contributed by atoms with Gasteiger partial charge in [0, 0.05) is 35.9 Å². The Bertz CT molecular complexity index is 704. The van der Waals surface area contributed by atoms with Gasteiger partial charge in [-0.15, -0.1) is 0 Å². The Kier molecular flexibility index (Phi) is 3.64. The lowest BCUT2D eigenvalue weighted by Crippen LogP contribution is -2.08. The van der Waals surface area contributed by atoms with Crippen LogP contribution in [-0.2, 0) is 0 Å². The summed E-state index contributed by atoms with van der Waals surface area (Å²) in [5, 5.41) is 3.38. The quantitative estimate of drug-likeness (QED) is 0.797. The van der Waals surface area contributed by atoms with E-state index in [0.717, 1.165) is 17.2 Å². The molecule has 0 unspecified atom stereocenters. The molecular weight excluding hydrogens is 262 g/mol. The van der Waals surface area contributed by atoms with E-state index in [4.69, 9.17) is 0 Å². The summed E-state index contributed by atoms with van der Waals surface area (Å²) in [6, 6.07) is 10.5. The Morgan fingerprint density at radius 1 is 1.14 bits per heavy atom. The van der Waals surface area contributed by atoms with Crippen molar-refractivity contribution in [3.05, 3.63) is 66.6 Å². The number of nitrogens with zero attached hydrogens (tertiary/aromatic N) is 4. The summed E-state index contributed by atoms with van der Waals surface area (Å²) < 4.78 is 1.98. The van der Waals surface area contributed by atoms with E-state index in [2.05, 4.69) is 51.5 Å². The molecular formula is C16H17N5. The largest absolute Gasteiger partial charge is 0.363 e. The van der Waals surface area contributed by atoms with E-state index in [9.17, 15) is 0 Å². The van der Waals surface area contributed by atoms with Gasteiger partial charge in [0.25, 0.3) is 0 Å². The van der Waals surface area contributed by atoms with Gasteiger partial charge in [0.05, 0.1) is 6.33 Å². The third-order valence-corrected chi connectivity index (χ3v) is 3.36. The second kappa shape index (κ2) is 5.75. The van der Waals surface area contributed by atoms with Crippen LogP contribution < -0.4 is 5.32 Å². The maximum Gasteiger partial charge on any atom is 0.130 e. The van der Waals surface area contributed by atoms with E-state index in [1.165, 1.54) is 5.56 Å². The molecule has 2 heterocycles. The fourth-order valence-electron chi connectivity index (χ4n) is 2.19. The molecule has 0 aliphatic heterocycles. The first-order chi connectivity index (χ1) is 10.2. The Labute approximate surface area is 123 Å². The Hall–Kier alpha value is -2.69. The van der Waals surface area contributed by atoms with Gasteiger partial charge in [-0.1, -0.05) is 12.1 Å². The number of benzene rings is 1. The van der Waals surface area contributed by atoms with Crippen LogP contribution in [0.3, 0.4) is 0 Å². The van der Waals surface area contributed by atoms with E-state index in [1.807, 2.05) is 23.8 Å². The minimum Gasteiger partial charge on any atom is -0.363 e. The van der Waals surface area contributed by atoms with Gasteiger partial charge in [0.2, 0.25) is 0 Å². The number of nitrogens with one attached hydrogen (secondary N) is 1. The van der Waals surface area contributed by atoms with Crippen LogP contribution in [0.4, 0.5) is 5.82 Å². The molecule has 0 spiro atoms. The van der Waals surface area contributed by atoms with Crippen molar-refractivity contribution in [2.45, 2.75) is 19.9 Å². The second-order valence-electron chi connectivity index (χ2n) is 4.97. The van der Waals surface area contributed by atoms with Crippen LogP contribution in [0.15, 0.2) is 55.4 Å². The molecule has 21 heavy (non-hydrogen) atoms. The SMILES string of the molecule is Cc1cc(N[C@@H](C)c2ccc(-n3ccnc3)cc2)ncn1. The predicted molar refractivity (Wildman–Crippen MR) is 82.4 cm³/mol. The zero-order valence-corrected chi connectivity index (χ0v) is 12.1. The summed E-state index contributed by atoms with van der Waals surface area (Å²) in [4.78, 5) is 12.4. The van der Waals surface area contributed by atoms with Gasteiger partial charge < -0.3 is 9.88 Å². The first-order valence-corrected chi connectivity index (χ1v) is 6.86. The Morgan fingerprint density at radius 2 is 1.95 bits per heavy atom. The van der Waals surface area contributed by atoms with Gasteiger partial charge >= 0.3 is 0 Å². The third kappa shape index (κ3) is 3.08. The molecule has 3 aromatic rings. The van der Waals surface area contributed by atoms with Gasteiger partial charge in [0.15, 0.2) is 0 Å². The number of hydrogen-bond donors (Lipinski definition) is 1. The van der Waals surface area contributed by atoms with Crippen molar-refractivity contribution in [3.63, 3.8) is 0 Å². The van der Waals surface area contributed by atoms with Crippen molar-refractivity contribution < 1.29 is 0 Å². The minimum absolute atomic E-state index is 0.177. The van der Waals surface area contributed by atoms with Crippen LogP contribution in [0.2, 0.25) is 0 Å². The summed E-state index contributed by atoms with van der Waals surface area (Å²) in [6.07, 6.45) is 7.07. The fourth-order valence-corrected chi connectivity index (χ4v) is 2.19. The lowest BCUT2D eigenvalue weighted by molar-refractivity contribution is 0.868. The van der Waals surface area contributed by atoms with Gasteiger partial charge in [-0.25, -0.2) is 15.0 Å². The van der Waals surface area contributed by atoms with Crippen molar-refractivity contribution >= 4 is 5.82 Å². The number of anilines is 1. The maximum absolute atomic E-state index is 4.23. The standard InChI is InChI=1S/C16H17N5/c1-12-9-16(19-10-18-12)20-13(2)14-3-5-15(6-4-14)21-8-7-17-11-21/h3-11,13H,1-2H3,(H,18,19,20)/t13-/m0/s1. The number of imidazole rings is 1. The molecule has 0 saturated carbocycles. The molecule has 0 saturated heterocycles. The maximum atomic E-state index is 4.23. The van der Waals surface area contributed by atoms with E-state index in [1.54, 1.807) is 18.9 Å². The Morgan fingerprint density at radius 3 is 2.62 bits per heavy atom. The van der Waals surface area contributed by atoms with Crippen LogP contribution >= 0.6 is 0 Å². The molecule has 0 amide bonds. The molecule has 0 fully saturated rings. The van der Waals surface area contributed by atoms with Crippen molar-refractivity contribution in [1.29, 1.82) is 0 Å². The normalized spacial score (nSPS) is 12.1. The number of rotatable bonds is 4. The lowest BCUT2D eigenvalue weighted by Gasteiger charge is -2.15. The van der Waals surface area contributed by atoms with Gasteiger partial charge in [-0.2, -0.15) is 0 Å². The summed E-state index contributed by atoms with van der Waals surface area (Å²) in [5.41, 5.74) is 3.26. The second-order valence-corrected chi connectivity index (χ2v) is 4.97. The number of aryl methyl sites for hydroxylation is 1. The van der Waals surface area contributed by atoms with Crippen molar-refractivity contribution in [2.24, 2.45) is 0 Å². The number of aromatic nitrogens is 4. The van der Waals surface area contributed by atoms with Gasteiger partial charge in [0.1, 0.15) is 12.1 Å². The molecule has 1 aromatic carbocycles. The van der Waals surface area contributed by atoms with Crippen LogP contribution in [-0.4, -0.2) is 19.5 Å². The van der Waals surface area contributed by atoms with Gasteiger partial charge in [-0.3, -0.25) is 0 Å². The monoisotopic (exact) mass is 279 g/mol. The zero-order valence-electron chi connectivity index (χ0n) is 12.1. The van der Waals surface area contributed by atoms with Crippen molar-refractivity contribution in [3.8, 4) is 5.69 Å². The molecule has 0 aliphatic rings. The average Bonchev–Trinajstić information content (AvgIpc) is 3.01. The van der Waals surface area contributed by atoms with E-state index >= 15 is 0 Å². The van der Waals surface area contributed by atoms with Crippen LogP contribution in [0.1, 0.15) is 24.2 Å². The number of hydrogen-bond acceptors (Lipinski definition) is 4. The zero-order chi connectivity index (χ0) is 14.7. The lowest BCUT2D eigenvalue weighted by atomic mass is 10.1. The van der Waals surface area contributed by atoms with Crippen LogP contribution in [0.5, 0.6) is 0 Å². The van der Waals surface area contributed by atoms with E-state index < -0.39 is 0 Å². The van der Waals surface area contributed by atoms with Crippen molar-refractivity contribution in [2.75, 3.05) is 5.32 Å². The molecule has 1 atom stereocenters. The highest BCUT2D eigenvalue weighted by Gasteiger charge is 2.06. The molecule has 0 radical (unpaired) electrons. The molecule has 106 valence electrons. The Balaban J connectivity index is 1.74. The highest BCUT2D eigenvalue weighted by Crippen LogP contribution is 2.19. The highest BCUT2D eigenvalue weighted by atomic mass is 15.0. The smallest absolute Gasteiger partial charge is 0.130 e. The van der Waals surface area contributed by atoms with Crippen LogP contribution in [0.25, 0.3) is 5.69 Å². The van der Waals surface area contributed by atoms with Crippen molar-refractivity contribution in [1.82, 2.24) is 19.5 Å². The van der Waals surface area contributed by atoms with Crippen LogP contribution in [0, 0.1) is 6.92 Å². The summed E-state index contributed by atoms with van der Waals surface area (Å²) in [6.45, 7) is 4.07. The predicted octanol–water partition coefficient (Wildman–Crippen LogP) is 3.14. The molecule has 0 bridgehead atoms. The summed E-state index contributed by atoms with van der Waals surface area (Å²) >= 11 is 0. The molecule has 0 aliphatic carbocycles. The third-order valence-electron chi connectivity index (χ3n) is 3.36. The molecule has 5 nitrogen and oxygen atoms in total. The highest BCUT2D eigenvalue weighted by molar-refractivity contribution is 5.41. The molecule has 5 heteroatoms. The average molecular weight is 279 g/mol. The minimum atomic E-state index is 0.177. The first-order valence-electron chi connectivity index (χ1n) is 6.86. The summed E-state index contributed by atoms with van der Waals surface area (Å²) in [7, 11) is 0. The topological polar surface area (TPSA) is 55.6 Å². The van der Waals surface area contributed by atoms with E-state index in [-0.39, 0.29) is 6.04 Å². The van der Waals surface area contributed by atoms with E-state index in [0.29, 0.717) is 0 Å². The van der Waals surface area contributed by atoms with Gasteiger partial charge in [-0.05, 0) is 31.5 Å². The fraction of sp³-hybridized carbons (Fsp3) is 0.188. The molecule has 1 N–H and O–H groups in total. The first kappa shape index (κ1) is 13.3. The summed E-state index contributed by atoms with van der Waals surface area (Å²) in [5.74, 6) is 0.841.